The molecule has 1 aromatic carbocycles. The van der Waals surface area contributed by atoms with E-state index >= 15 is 0 Å². The molecule has 4 heteroatoms. The Morgan fingerprint density at radius 2 is 2.00 bits per heavy atom. The van der Waals surface area contributed by atoms with Crippen molar-refractivity contribution in [1.29, 1.82) is 0 Å². The monoisotopic (exact) mass is 264 g/mol. The van der Waals surface area contributed by atoms with Gasteiger partial charge < -0.3 is 14.3 Å². The van der Waals surface area contributed by atoms with E-state index in [4.69, 9.17) is 4.74 Å². The van der Waals surface area contributed by atoms with Gasteiger partial charge in [-0.2, -0.15) is 0 Å². The number of benzene rings is 1. The fraction of sp³-hybridized carbons (Fsp3) is 0.467. The van der Waals surface area contributed by atoms with Crippen molar-refractivity contribution in [2.75, 3.05) is 13.7 Å². The molecular weight excluding hydrogens is 244 g/mol. The van der Waals surface area contributed by atoms with E-state index in [0.717, 1.165) is 30.4 Å². The molecular formula is C15H20O4. The second-order valence-electron chi connectivity index (χ2n) is 4.29. The molecule has 0 fully saturated rings. The largest absolute Gasteiger partial charge is 0.494 e. The van der Waals surface area contributed by atoms with Crippen LogP contribution in [-0.2, 0) is 14.3 Å². The summed E-state index contributed by atoms with van der Waals surface area (Å²) in [6.45, 7) is 2.79. The molecule has 0 spiro atoms. The van der Waals surface area contributed by atoms with E-state index in [2.05, 4.69) is 11.7 Å². The predicted molar refractivity (Wildman–Crippen MR) is 72.3 cm³/mol. The summed E-state index contributed by atoms with van der Waals surface area (Å²) in [5, 5.41) is 0. The van der Waals surface area contributed by atoms with Gasteiger partial charge in [0.1, 0.15) is 12.0 Å². The van der Waals surface area contributed by atoms with Crippen LogP contribution in [-0.4, -0.2) is 26.0 Å². The Hall–Kier alpha value is -1.84. The Morgan fingerprint density at radius 3 is 2.53 bits per heavy atom. The van der Waals surface area contributed by atoms with Crippen LogP contribution in [0.5, 0.6) is 5.75 Å². The molecule has 19 heavy (non-hydrogen) atoms. The number of aldehydes is 1. The Morgan fingerprint density at radius 1 is 1.32 bits per heavy atom. The molecule has 0 N–H and O–H groups in total. The van der Waals surface area contributed by atoms with Gasteiger partial charge in [0.25, 0.3) is 0 Å². The van der Waals surface area contributed by atoms with E-state index in [1.165, 1.54) is 7.11 Å². The number of carbonyl (C=O) groups excluding carboxylic acids is 2. The number of unbranched alkanes of at least 4 members (excludes halogenated alkanes) is 1. The number of esters is 1. The molecule has 0 saturated heterocycles. The molecule has 0 aliphatic rings. The van der Waals surface area contributed by atoms with Crippen molar-refractivity contribution in [1.82, 2.24) is 0 Å². The molecule has 4 nitrogen and oxygen atoms in total. The zero-order valence-electron chi connectivity index (χ0n) is 11.4. The highest BCUT2D eigenvalue weighted by Gasteiger charge is 2.15. The number of methoxy groups -OCH3 is 1. The Labute approximate surface area is 113 Å². The van der Waals surface area contributed by atoms with Crippen molar-refractivity contribution >= 4 is 12.3 Å². The highest BCUT2D eigenvalue weighted by molar-refractivity contribution is 5.76. The lowest BCUT2D eigenvalue weighted by Crippen LogP contribution is -2.09. The fourth-order valence-electron chi connectivity index (χ4n) is 1.65. The van der Waals surface area contributed by atoms with Crippen LogP contribution in [0.2, 0.25) is 0 Å². The normalized spacial score (nSPS) is 11.7. The molecule has 0 saturated carbocycles. The second-order valence-corrected chi connectivity index (χ2v) is 4.29. The van der Waals surface area contributed by atoms with Gasteiger partial charge in [-0.25, -0.2) is 0 Å². The molecule has 0 heterocycles. The smallest absolute Gasteiger partial charge is 0.306 e. The number of hydrogen-bond donors (Lipinski definition) is 0. The summed E-state index contributed by atoms with van der Waals surface area (Å²) in [5.41, 5.74) is 0.795. The van der Waals surface area contributed by atoms with Gasteiger partial charge in [0.15, 0.2) is 0 Å². The van der Waals surface area contributed by atoms with Crippen LogP contribution >= 0.6 is 0 Å². The minimum atomic E-state index is -0.461. The maximum absolute atomic E-state index is 11.2. The maximum atomic E-state index is 11.2. The minimum absolute atomic E-state index is 0.0655. The summed E-state index contributed by atoms with van der Waals surface area (Å²) in [6, 6.07) is 7.25. The Balaban J connectivity index is 2.62. The number of hydrogen-bond acceptors (Lipinski definition) is 4. The fourth-order valence-corrected chi connectivity index (χ4v) is 1.65. The van der Waals surface area contributed by atoms with E-state index in [1.807, 2.05) is 24.3 Å². The third-order valence-electron chi connectivity index (χ3n) is 2.85. The van der Waals surface area contributed by atoms with E-state index < -0.39 is 5.92 Å². The first-order valence-corrected chi connectivity index (χ1v) is 6.46. The second kappa shape index (κ2) is 8.29. The van der Waals surface area contributed by atoms with Crippen molar-refractivity contribution in [3.8, 4) is 5.75 Å². The summed E-state index contributed by atoms with van der Waals surface area (Å²) >= 11 is 0. The van der Waals surface area contributed by atoms with Crippen LogP contribution in [0.3, 0.4) is 0 Å². The van der Waals surface area contributed by atoms with Crippen LogP contribution in [0.15, 0.2) is 24.3 Å². The first-order valence-electron chi connectivity index (χ1n) is 6.46. The molecule has 0 aliphatic heterocycles. The van der Waals surface area contributed by atoms with Gasteiger partial charge in [0.2, 0.25) is 0 Å². The van der Waals surface area contributed by atoms with Crippen molar-refractivity contribution in [2.45, 2.75) is 32.1 Å². The van der Waals surface area contributed by atoms with Crippen LogP contribution in [0.25, 0.3) is 0 Å². The minimum Gasteiger partial charge on any atom is -0.494 e. The predicted octanol–water partition coefficient (Wildman–Crippen LogP) is 2.71. The van der Waals surface area contributed by atoms with Crippen molar-refractivity contribution in [3.63, 3.8) is 0 Å². The molecule has 104 valence electrons. The molecule has 1 rings (SSSR count). The number of ether oxygens (including phenoxy) is 2. The summed E-state index contributed by atoms with van der Waals surface area (Å²) < 4.78 is 10.1. The lowest BCUT2D eigenvalue weighted by molar-refractivity contribution is -0.141. The third-order valence-corrected chi connectivity index (χ3v) is 2.85. The van der Waals surface area contributed by atoms with Gasteiger partial charge in [0, 0.05) is 0 Å². The molecule has 0 aromatic heterocycles. The lowest BCUT2D eigenvalue weighted by atomic mass is 9.97. The van der Waals surface area contributed by atoms with Crippen molar-refractivity contribution in [3.05, 3.63) is 29.8 Å². The molecule has 0 bridgehead atoms. The number of rotatable bonds is 8. The molecule has 0 unspecified atom stereocenters. The summed E-state index contributed by atoms with van der Waals surface area (Å²) in [5.74, 6) is -0.0718. The molecule has 0 amide bonds. The van der Waals surface area contributed by atoms with E-state index in [9.17, 15) is 9.59 Å². The lowest BCUT2D eigenvalue weighted by Gasteiger charge is -2.10. The van der Waals surface area contributed by atoms with Gasteiger partial charge in [0.05, 0.1) is 26.1 Å². The van der Waals surface area contributed by atoms with Gasteiger partial charge in [-0.3, -0.25) is 4.79 Å². The summed E-state index contributed by atoms with van der Waals surface area (Å²) in [4.78, 5) is 22.2. The van der Waals surface area contributed by atoms with E-state index in [1.54, 1.807) is 0 Å². The van der Waals surface area contributed by atoms with Gasteiger partial charge in [-0.15, -0.1) is 0 Å². The van der Waals surface area contributed by atoms with Crippen LogP contribution < -0.4 is 4.74 Å². The van der Waals surface area contributed by atoms with E-state index in [0.29, 0.717) is 6.61 Å². The SMILES string of the molecule is CCCCOc1ccc([C@@H](C=O)CC(=O)OC)cc1. The first-order chi connectivity index (χ1) is 9.21. The Kier molecular flexibility index (Phi) is 6.64. The molecule has 0 aliphatic carbocycles. The summed E-state index contributed by atoms with van der Waals surface area (Å²) in [7, 11) is 1.31. The molecule has 1 atom stereocenters. The van der Waals surface area contributed by atoms with E-state index in [-0.39, 0.29) is 12.4 Å². The van der Waals surface area contributed by atoms with Gasteiger partial charge in [-0.05, 0) is 24.1 Å². The highest BCUT2D eigenvalue weighted by Crippen LogP contribution is 2.21. The van der Waals surface area contributed by atoms with Crippen LogP contribution in [0, 0.1) is 0 Å². The molecule has 1 aromatic rings. The first kappa shape index (κ1) is 15.2. The van der Waals surface area contributed by atoms with Gasteiger partial charge in [-0.1, -0.05) is 25.5 Å². The third kappa shape index (κ3) is 5.12. The standard InChI is InChI=1S/C15H20O4/c1-3-4-9-19-14-7-5-12(6-8-14)13(11-16)10-15(17)18-2/h5-8,11,13H,3-4,9-10H2,1-2H3/t13-/m1/s1. The highest BCUT2D eigenvalue weighted by atomic mass is 16.5. The zero-order chi connectivity index (χ0) is 14.1. The average Bonchev–Trinajstić information content (AvgIpc) is 2.45. The molecule has 0 radical (unpaired) electrons. The maximum Gasteiger partial charge on any atom is 0.306 e. The average molecular weight is 264 g/mol. The van der Waals surface area contributed by atoms with Gasteiger partial charge >= 0.3 is 5.97 Å². The zero-order valence-corrected chi connectivity index (χ0v) is 11.4. The van der Waals surface area contributed by atoms with Crippen molar-refractivity contribution < 1.29 is 19.1 Å². The van der Waals surface area contributed by atoms with Crippen LogP contribution in [0.1, 0.15) is 37.7 Å². The quantitative estimate of drug-likeness (QED) is 0.411. The summed E-state index contributed by atoms with van der Waals surface area (Å²) in [6.07, 6.45) is 2.94. The Bertz CT molecular complexity index is 397. The van der Waals surface area contributed by atoms with Crippen molar-refractivity contribution in [2.24, 2.45) is 0 Å². The number of carbonyl (C=O) groups is 2. The van der Waals surface area contributed by atoms with Crippen LogP contribution in [0.4, 0.5) is 0 Å². The topological polar surface area (TPSA) is 52.6 Å².